The number of carbonyl (C=O) groups is 1. The topological polar surface area (TPSA) is 120 Å². The number of pyridine rings is 1. The Morgan fingerprint density at radius 1 is 1.16 bits per heavy atom. The average Bonchev–Trinajstić information content (AvgIpc) is 3.39. The number of aromatic nitrogens is 2. The highest BCUT2D eigenvalue weighted by molar-refractivity contribution is 6.76. The second kappa shape index (κ2) is 14.5. The second-order valence-corrected chi connectivity index (χ2v) is 20.0. The molecule has 4 aromatic rings. The summed E-state index contributed by atoms with van der Waals surface area (Å²) in [6.45, 7) is 16.2. The number of nitrogens with one attached hydrogen (secondary N) is 2. The number of nitrogens with zero attached hydrogens (tertiary/aromatic N) is 3. The van der Waals surface area contributed by atoms with Crippen LogP contribution >= 0.6 is 0 Å². The van der Waals surface area contributed by atoms with Gasteiger partial charge in [-0.1, -0.05) is 39.6 Å². The highest BCUT2D eigenvalue weighted by Crippen LogP contribution is 2.41. The fourth-order valence-electron chi connectivity index (χ4n) is 5.34. The van der Waals surface area contributed by atoms with Crippen LogP contribution in [0, 0.1) is 28.4 Å². The van der Waals surface area contributed by atoms with Crippen molar-refractivity contribution in [3.63, 3.8) is 0 Å². The molecule has 1 saturated heterocycles. The van der Waals surface area contributed by atoms with E-state index in [1.165, 1.54) is 12.3 Å². The summed E-state index contributed by atoms with van der Waals surface area (Å²) in [7, 11) is -1.33. The normalized spacial score (nSPS) is 15.5. The first-order valence-electron chi connectivity index (χ1n) is 16.3. The lowest BCUT2D eigenvalue weighted by molar-refractivity contribution is -0.163. The van der Waals surface area contributed by atoms with E-state index in [1.807, 2.05) is 40.0 Å². The fourth-order valence-corrected chi connectivity index (χ4v) is 6.10. The molecular formula is C36H43F2N5O5Si. The van der Waals surface area contributed by atoms with Gasteiger partial charge >= 0.3 is 6.03 Å². The van der Waals surface area contributed by atoms with Crippen molar-refractivity contribution < 1.29 is 32.5 Å². The van der Waals surface area contributed by atoms with Gasteiger partial charge in [0.2, 0.25) is 0 Å². The zero-order chi connectivity index (χ0) is 35.5. The van der Waals surface area contributed by atoms with E-state index < -0.39 is 31.5 Å². The second-order valence-electron chi connectivity index (χ2n) is 14.4. The molecule has 0 spiro atoms. The number of hydrogen-bond acceptors (Lipinski definition) is 7. The average molecular weight is 692 g/mol. The zero-order valence-electron chi connectivity index (χ0n) is 28.9. The number of amides is 2. The minimum atomic E-state index is -1.33. The van der Waals surface area contributed by atoms with E-state index in [1.54, 1.807) is 16.7 Å². The van der Waals surface area contributed by atoms with Crippen LogP contribution in [0.15, 0.2) is 48.8 Å². The molecule has 10 nitrogen and oxygen atoms in total. The van der Waals surface area contributed by atoms with Crippen LogP contribution in [0.3, 0.4) is 0 Å². The van der Waals surface area contributed by atoms with Crippen LogP contribution in [-0.2, 0) is 16.2 Å². The SMILES string of the molecule is CC(C)Oc1ccc(-c2cn(COCC[Si](C)(C)C)c3nccc(Oc4c(F)cc(NC(=O)NCC5OCC5(C)C)cc4F)c23)cc1C#N. The van der Waals surface area contributed by atoms with Crippen molar-refractivity contribution in [1.29, 1.82) is 5.26 Å². The highest BCUT2D eigenvalue weighted by Gasteiger charge is 2.40. The molecular weight excluding hydrogens is 649 g/mol. The van der Waals surface area contributed by atoms with Gasteiger partial charge in [-0.2, -0.15) is 5.26 Å². The lowest BCUT2D eigenvalue weighted by Gasteiger charge is -2.44. The molecule has 2 aromatic carbocycles. The maximum Gasteiger partial charge on any atom is 0.319 e. The van der Waals surface area contributed by atoms with Gasteiger partial charge in [0.1, 0.15) is 29.9 Å². The van der Waals surface area contributed by atoms with Crippen LogP contribution in [0.5, 0.6) is 17.2 Å². The maximum absolute atomic E-state index is 15.5. The van der Waals surface area contributed by atoms with Crippen molar-refractivity contribution in [2.45, 2.75) is 72.3 Å². The number of anilines is 1. The van der Waals surface area contributed by atoms with E-state index in [-0.39, 0.29) is 42.3 Å². The third-order valence-electron chi connectivity index (χ3n) is 8.16. The van der Waals surface area contributed by atoms with Crippen molar-refractivity contribution in [2.24, 2.45) is 5.41 Å². The summed E-state index contributed by atoms with van der Waals surface area (Å²) < 4.78 is 56.0. The van der Waals surface area contributed by atoms with Gasteiger partial charge in [0.05, 0.1) is 29.8 Å². The summed E-state index contributed by atoms with van der Waals surface area (Å²) in [5.41, 5.74) is 1.93. The predicted molar refractivity (Wildman–Crippen MR) is 187 cm³/mol. The molecule has 1 fully saturated rings. The summed E-state index contributed by atoms with van der Waals surface area (Å²) in [6, 6.07) is 11.3. The minimum Gasteiger partial charge on any atom is -0.490 e. The van der Waals surface area contributed by atoms with Gasteiger partial charge in [-0.05, 0) is 43.7 Å². The largest absolute Gasteiger partial charge is 0.490 e. The van der Waals surface area contributed by atoms with Crippen LogP contribution in [0.4, 0.5) is 19.3 Å². The summed E-state index contributed by atoms with van der Waals surface area (Å²) >= 11 is 0. The molecule has 2 aromatic heterocycles. The molecule has 1 atom stereocenters. The molecule has 0 bridgehead atoms. The van der Waals surface area contributed by atoms with Crippen LogP contribution in [-0.4, -0.2) is 55.6 Å². The van der Waals surface area contributed by atoms with Gasteiger partial charge < -0.3 is 34.1 Å². The van der Waals surface area contributed by atoms with E-state index in [2.05, 4.69) is 41.3 Å². The van der Waals surface area contributed by atoms with Crippen LogP contribution < -0.4 is 20.1 Å². The van der Waals surface area contributed by atoms with Gasteiger partial charge in [-0.15, -0.1) is 0 Å². The first-order valence-corrected chi connectivity index (χ1v) is 20.0. The Bertz CT molecular complexity index is 1860. The Hall–Kier alpha value is -4.51. The first kappa shape index (κ1) is 35.8. The van der Waals surface area contributed by atoms with Crippen molar-refractivity contribution in [3.05, 3.63) is 66.0 Å². The van der Waals surface area contributed by atoms with Gasteiger partial charge in [0.25, 0.3) is 0 Å². The molecule has 0 aliphatic carbocycles. The molecule has 1 unspecified atom stereocenters. The Balaban J connectivity index is 1.46. The molecule has 0 saturated carbocycles. The number of carbonyl (C=O) groups excluding carboxylic acids is 1. The number of rotatable bonds is 13. The number of ether oxygens (including phenoxy) is 4. The third kappa shape index (κ3) is 8.56. The molecule has 3 heterocycles. The Morgan fingerprint density at radius 3 is 2.51 bits per heavy atom. The molecule has 0 radical (unpaired) electrons. The van der Waals surface area contributed by atoms with Crippen molar-refractivity contribution in [1.82, 2.24) is 14.9 Å². The predicted octanol–water partition coefficient (Wildman–Crippen LogP) is 8.29. The lowest BCUT2D eigenvalue weighted by atomic mass is 9.82. The quantitative estimate of drug-likeness (QED) is 0.107. The standard InChI is InChI=1S/C36H43F2N5O5Si/c1-22(2)47-29-9-8-23(14-24(29)17-39)26-19-43(21-45-12-13-49(5,6)7)34-32(26)30(10-11-40-34)48-33-27(37)15-25(16-28(33)38)42-35(44)41-18-31-36(3,4)20-46-31/h8-11,14-16,19,22,31H,12-13,18,20-21H2,1-7H3,(H2,41,42,44). The van der Waals surface area contributed by atoms with Gasteiger partial charge in [0.15, 0.2) is 17.4 Å². The van der Waals surface area contributed by atoms with Gasteiger partial charge in [0, 0.05) is 62.4 Å². The van der Waals surface area contributed by atoms with Crippen molar-refractivity contribution in [2.75, 3.05) is 25.1 Å². The van der Waals surface area contributed by atoms with Crippen LogP contribution in [0.25, 0.3) is 22.2 Å². The Morgan fingerprint density at radius 2 is 1.90 bits per heavy atom. The summed E-state index contributed by atoms with van der Waals surface area (Å²) in [5.74, 6) is -2.09. The number of halogens is 2. The molecule has 49 heavy (non-hydrogen) atoms. The van der Waals surface area contributed by atoms with Gasteiger partial charge in [-0.25, -0.2) is 18.6 Å². The van der Waals surface area contributed by atoms with Crippen molar-refractivity contribution in [3.8, 4) is 34.4 Å². The fraction of sp³-hybridized carbons (Fsp3) is 0.417. The van der Waals surface area contributed by atoms with E-state index in [0.29, 0.717) is 46.7 Å². The molecule has 5 rings (SSSR count). The Kier molecular flexibility index (Phi) is 10.6. The van der Waals surface area contributed by atoms with Gasteiger partial charge in [-0.3, -0.25) is 0 Å². The van der Waals surface area contributed by atoms with E-state index in [0.717, 1.165) is 18.2 Å². The van der Waals surface area contributed by atoms with Crippen LogP contribution in [0.1, 0.15) is 33.3 Å². The molecule has 1 aliphatic heterocycles. The number of urea groups is 1. The van der Waals surface area contributed by atoms with Crippen molar-refractivity contribution >= 4 is 30.8 Å². The number of hydrogen-bond donors (Lipinski definition) is 2. The summed E-state index contributed by atoms with van der Waals surface area (Å²) in [5, 5.41) is 15.5. The number of nitriles is 1. The number of fused-ring (bicyclic) bond motifs is 1. The van der Waals surface area contributed by atoms with Crippen LogP contribution in [0.2, 0.25) is 25.7 Å². The lowest BCUT2D eigenvalue weighted by Crippen LogP contribution is -2.53. The smallest absolute Gasteiger partial charge is 0.319 e. The summed E-state index contributed by atoms with van der Waals surface area (Å²) in [4.78, 5) is 17.0. The molecule has 13 heteroatoms. The van der Waals surface area contributed by atoms with E-state index in [9.17, 15) is 10.1 Å². The van der Waals surface area contributed by atoms with E-state index in [4.69, 9.17) is 18.9 Å². The molecule has 2 N–H and O–H groups in total. The number of benzene rings is 2. The third-order valence-corrected chi connectivity index (χ3v) is 9.87. The minimum absolute atomic E-state index is 0.0615. The highest BCUT2D eigenvalue weighted by atomic mass is 28.3. The maximum atomic E-state index is 15.5. The zero-order valence-corrected chi connectivity index (χ0v) is 29.9. The first-order chi connectivity index (χ1) is 23.1. The molecule has 2 amide bonds. The monoisotopic (exact) mass is 691 g/mol. The summed E-state index contributed by atoms with van der Waals surface area (Å²) in [6.07, 6.45) is 3.04. The molecule has 1 aliphatic rings. The molecule has 260 valence electrons. The van der Waals surface area contributed by atoms with E-state index >= 15 is 8.78 Å². The Labute approximate surface area is 286 Å².